The van der Waals surface area contributed by atoms with Gasteiger partial charge in [0.2, 0.25) is 5.91 Å². The molecule has 4 atom stereocenters. The van der Waals surface area contributed by atoms with Gasteiger partial charge in [-0.3, -0.25) is 9.69 Å². The van der Waals surface area contributed by atoms with E-state index in [4.69, 9.17) is 9.47 Å². The number of hydrogen-bond acceptors (Lipinski definition) is 5. The molecule has 1 aliphatic rings. The molecular formula is C26H40F2N2O5. The van der Waals surface area contributed by atoms with Crippen LogP contribution in [0.5, 0.6) is 0 Å². The van der Waals surface area contributed by atoms with Crippen LogP contribution in [0.2, 0.25) is 0 Å². The van der Waals surface area contributed by atoms with Crippen LogP contribution in [0.3, 0.4) is 0 Å². The molecule has 2 rings (SSSR count). The Bertz CT molecular complexity index is 861. The highest BCUT2D eigenvalue weighted by molar-refractivity contribution is 5.73. The third kappa shape index (κ3) is 9.72. The number of nitrogens with one attached hydrogen (secondary N) is 1. The number of rotatable bonds is 7. The van der Waals surface area contributed by atoms with Crippen LogP contribution in [0.15, 0.2) is 18.2 Å². The summed E-state index contributed by atoms with van der Waals surface area (Å²) in [7, 11) is 0. The van der Waals surface area contributed by atoms with E-state index in [0.29, 0.717) is 0 Å². The summed E-state index contributed by atoms with van der Waals surface area (Å²) in [5, 5.41) is 14.0. The van der Waals surface area contributed by atoms with Crippen LogP contribution >= 0.6 is 0 Å². The van der Waals surface area contributed by atoms with Crippen LogP contribution in [0.4, 0.5) is 13.6 Å². The lowest BCUT2D eigenvalue weighted by Gasteiger charge is -2.44. The van der Waals surface area contributed by atoms with Gasteiger partial charge in [-0.25, -0.2) is 13.6 Å². The molecule has 2 amide bonds. The van der Waals surface area contributed by atoms with Gasteiger partial charge in [-0.15, -0.1) is 0 Å². The van der Waals surface area contributed by atoms with Gasteiger partial charge in [-0.1, -0.05) is 20.8 Å². The van der Waals surface area contributed by atoms with E-state index in [2.05, 4.69) is 26.1 Å². The molecule has 0 bridgehead atoms. The van der Waals surface area contributed by atoms with Gasteiger partial charge in [-0.05, 0) is 63.1 Å². The second-order valence-electron chi connectivity index (χ2n) is 11.5. The lowest BCUT2D eigenvalue weighted by Crippen LogP contribution is -2.62. The van der Waals surface area contributed by atoms with Crippen LogP contribution in [-0.2, 0) is 20.7 Å². The van der Waals surface area contributed by atoms with Crippen LogP contribution in [0.1, 0.15) is 66.9 Å². The van der Waals surface area contributed by atoms with E-state index in [-0.39, 0.29) is 36.7 Å². The fourth-order valence-electron chi connectivity index (χ4n) is 4.08. The average Bonchev–Trinajstić information content (AvgIpc) is 2.68. The highest BCUT2D eigenvalue weighted by atomic mass is 19.1. The molecule has 0 unspecified atom stereocenters. The fourth-order valence-corrected chi connectivity index (χ4v) is 4.08. The largest absolute Gasteiger partial charge is 0.444 e. The van der Waals surface area contributed by atoms with E-state index < -0.39 is 47.4 Å². The van der Waals surface area contributed by atoms with Crippen LogP contribution < -0.4 is 5.32 Å². The van der Waals surface area contributed by atoms with E-state index >= 15 is 0 Å². The number of hydrogen-bond donors (Lipinski definition) is 2. The highest BCUT2D eigenvalue weighted by Gasteiger charge is 2.41. The molecule has 9 heteroatoms. The molecule has 2 N–H and O–H groups in total. The molecule has 0 radical (unpaired) electrons. The number of amides is 2. The van der Waals surface area contributed by atoms with Crippen molar-refractivity contribution in [2.75, 3.05) is 13.2 Å². The minimum absolute atomic E-state index is 0.0306. The van der Waals surface area contributed by atoms with Gasteiger partial charge >= 0.3 is 6.09 Å². The molecule has 1 aliphatic heterocycles. The van der Waals surface area contributed by atoms with Crippen molar-refractivity contribution in [1.82, 2.24) is 10.2 Å². The molecule has 1 aromatic rings. The summed E-state index contributed by atoms with van der Waals surface area (Å²) in [5.41, 5.74) is -0.390. The van der Waals surface area contributed by atoms with Crippen molar-refractivity contribution in [2.24, 2.45) is 5.41 Å². The number of morpholine rings is 1. The Kier molecular flexibility index (Phi) is 9.64. The summed E-state index contributed by atoms with van der Waals surface area (Å²) in [6.45, 7) is 13.2. The topological polar surface area (TPSA) is 88.1 Å². The Morgan fingerprint density at radius 2 is 1.77 bits per heavy atom. The Hall–Kier alpha value is -2.26. The molecule has 1 heterocycles. The maximum atomic E-state index is 13.7. The zero-order valence-electron chi connectivity index (χ0n) is 21.9. The summed E-state index contributed by atoms with van der Waals surface area (Å²) < 4.78 is 39.1. The van der Waals surface area contributed by atoms with Gasteiger partial charge in [0.05, 0.1) is 37.4 Å². The first-order valence-electron chi connectivity index (χ1n) is 12.1. The van der Waals surface area contributed by atoms with Crippen LogP contribution in [0.25, 0.3) is 0 Å². The van der Waals surface area contributed by atoms with E-state index in [9.17, 15) is 23.5 Å². The molecule has 1 fully saturated rings. The zero-order valence-corrected chi connectivity index (χ0v) is 21.9. The summed E-state index contributed by atoms with van der Waals surface area (Å²) >= 11 is 0. The Morgan fingerprint density at radius 1 is 1.17 bits per heavy atom. The number of carbonyl (C=O) groups excluding carboxylic acids is 2. The van der Waals surface area contributed by atoms with E-state index in [1.54, 1.807) is 20.8 Å². The van der Waals surface area contributed by atoms with Gasteiger partial charge in [0.1, 0.15) is 17.2 Å². The molecule has 0 spiro atoms. The molecule has 0 saturated carbocycles. The van der Waals surface area contributed by atoms with Crippen molar-refractivity contribution in [3.8, 4) is 0 Å². The molecule has 0 aliphatic carbocycles. The highest BCUT2D eigenvalue weighted by Crippen LogP contribution is 2.27. The van der Waals surface area contributed by atoms with Gasteiger partial charge in [0.25, 0.3) is 0 Å². The Balaban J connectivity index is 2.29. The first-order valence-corrected chi connectivity index (χ1v) is 12.1. The second-order valence-corrected chi connectivity index (χ2v) is 11.5. The normalized spacial score (nSPS) is 20.8. The number of carbonyl (C=O) groups is 2. The van der Waals surface area contributed by atoms with Crippen molar-refractivity contribution in [1.29, 1.82) is 0 Å². The van der Waals surface area contributed by atoms with Gasteiger partial charge < -0.3 is 19.9 Å². The molecule has 1 saturated heterocycles. The molecule has 7 nitrogen and oxygen atoms in total. The number of nitrogens with zero attached hydrogens (tertiary/aromatic N) is 1. The van der Waals surface area contributed by atoms with Gasteiger partial charge in [0.15, 0.2) is 0 Å². The minimum atomic E-state index is -1.28. The number of ether oxygens (including phenoxy) is 2. The average molecular weight is 499 g/mol. The number of benzene rings is 1. The predicted molar refractivity (Wildman–Crippen MR) is 129 cm³/mol. The van der Waals surface area contributed by atoms with E-state index in [0.717, 1.165) is 31.0 Å². The maximum Gasteiger partial charge on any atom is 0.410 e. The molecule has 0 aromatic heterocycles. The van der Waals surface area contributed by atoms with Crippen molar-refractivity contribution >= 4 is 12.0 Å². The molecule has 1 aromatic carbocycles. The third-order valence-corrected chi connectivity index (χ3v) is 5.72. The molecular weight excluding hydrogens is 458 g/mol. The standard InChI is InChI=1S/C26H40F2N2O5/c1-16(31)29-21(12-17-10-18(27)13-19(28)11-17)23(32)22-15-34-20(8-9-25(2,3)4)14-30(22)24(33)35-26(5,6)7/h10-11,13,20-23,32H,8-9,12,14-15H2,1-7H3,(H,29,31)/t20-,21+,22-,23+/m0/s1. The lowest BCUT2D eigenvalue weighted by molar-refractivity contribution is -0.124. The van der Waals surface area contributed by atoms with Crippen LogP contribution in [0, 0.1) is 17.0 Å². The van der Waals surface area contributed by atoms with Crippen molar-refractivity contribution < 1.29 is 33.0 Å². The summed E-state index contributed by atoms with van der Waals surface area (Å²) in [6, 6.07) is 1.31. The zero-order chi connectivity index (χ0) is 26.6. The SMILES string of the molecule is CC(=O)N[C@H](Cc1cc(F)cc(F)c1)[C@@H](O)[C@@H]1CO[C@@H](CCC(C)(C)C)CN1C(=O)OC(C)(C)C. The summed E-state index contributed by atoms with van der Waals surface area (Å²) in [6.07, 6.45) is -0.538. The lowest BCUT2D eigenvalue weighted by atomic mass is 9.88. The van der Waals surface area contributed by atoms with Crippen molar-refractivity contribution in [3.63, 3.8) is 0 Å². The molecule has 35 heavy (non-hydrogen) atoms. The monoisotopic (exact) mass is 498 g/mol. The van der Waals surface area contributed by atoms with E-state index in [1.807, 2.05) is 0 Å². The van der Waals surface area contributed by atoms with Gasteiger partial charge in [-0.2, -0.15) is 0 Å². The van der Waals surface area contributed by atoms with E-state index in [1.165, 1.54) is 11.8 Å². The summed E-state index contributed by atoms with van der Waals surface area (Å²) in [4.78, 5) is 26.5. The Morgan fingerprint density at radius 3 is 2.29 bits per heavy atom. The number of halogens is 2. The van der Waals surface area contributed by atoms with Gasteiger partial charge in [0, 0.05) is 13.0 Å². The number of aliphatic hydroxyl groups excluding tert-OH is 1. The van der Waals surface area contributed by atoms with Crippen molar-refractivity contribution in [3.05, 3.63) is 35.4 Å². The Labute approximate surface area is 207 Å². The van der Waals surface area contributed by atoms with Crippen LogP contribution in [-0.4, -0.2) is 65.1 Å². The maximum absolute atomic E-state index is 13.7. The first-order chi connectivity index (χ1) is 16.0. The smallest absolute Gasteiger partial charge is 0.410 e. The van der Waals surface area contributed by atoms with Crippen molar-refractivity contribution in [2.45, 2.75) is 97.6 Å². The summed E-state index contributed by atoms with van der Waals surface area (Å²) in [5.74, 6) is -1.93. The minimum Gasteiger partial charge on any atom is -0.444 e. The second kappa shape index (κ2) is 11.6. The predicted octanol–water partition coefficient (Wildman–Crippen LogP) is 4.20. The third-order valence-electron chi connectivity index (χ3n) is 5.72. The quantitative estimate of drug-likeness (QED) is 0.588. The molecule has 198 valence electrons. The fraction of sp³-hybridized carbons (Fsp3) is 0.692. The number of aliphatic hydroxyl groups is 1. The first kappa shape index (κ1) is 29.0.